The third-order valence-corrected chi connectivity index (χ3v) is 5.91. The van der Waals surface area contributed by atoms with Crippen LogP contribution in [-0.4, -0.2) is 25.7 Å². The van der Waals surface area contributed by atoms with Crippen LogP contribution >= 0.6 is 15.9 Å². The Balaban J connectivity index is 1.64. The van der Waals surface area contributed by atoms with Crippen LogP contribution in [-0.2, 0) is 7.05 Å². The van der Waals surface area contributed by atoms with Crippen molar-refractivity contribution in [2.75, 3.05) is 5.32 Å². The van der Waals surface area contributed by atoms with Crippen LogP contribution < -0.4 is 5.32 Å². The second kappa shape index (κ2) is 7.59. The van der Waals surface area contributed by atoms with Gasteiger partial charge in [0.05, 0.1) is 33.7 Å². The molecule has 0 aliphatic heterocycles. The highest BCUT2D eigenvalue weighted by atomic mass is 79.9. The summed E-state index contributed by atoms with van der Waals surface area (Å²) in [5.74, 6) is -0.212. The van der Waals surface area contributed by atoms with Crippen molar-refractivity contribution in [2.24, 2.45) is 7.05 Å². The van der Waals surface area contributed by atoms with E-state index >= 15 is 0 Å². The average molecular weight is 472 g/mol. The van der Waals surface area contributed by atoms with Crippen molar-refractivity contribution in [3.8, 4) is 11.3 Å². The molecule has 152 valence electrons. The topological polar surface area (TPSA) is 72.7 Å². The van der Waals surface area contributed by atoms with E-state index in [4.69, 9.17) is 4.98 Å². The van der Waals surface area contributed by atoms with Gasteiger partial charge in [-0.15, -0.1) is 0 Å². The van der Waals surface area contributed by atoms with Crippen molar-refractivity contribution < 1.29 is 4.79 Å². The molecule has 0 radical (unpaired) electrons. The number of carbonyl (C=O) groups excluding carboxylic acids is 1. The summed E-state index contributed by atoms with van der Waals surface area (Å²) in [5.41, 5.74) is 5.17. The molecule has 0 unspecified atom stereocenters. The minimum absolute atomic E-state index is 0.212. The van der Waals surface area contributed by atoms with E-state index in [9.17, 15) is 4.79 Å². The molecule has 0 atom stereocenters. The third-order valence-electron chi connectivity index (χ3n) is 5.21. The molecule has 31 heavy (non-hydrogen) atoms. The summed E-state index contributed by atoms with van der Waals surface area (Å²) in [4.78, 5) is 22.7. The number of benzene rings is 2. The SMILES string of the molecule is Cc1nn(C)cc1-c1cc(C(=O)Nc2ccc(Br)c3cccnc23)c2ccccc2n1. The Bertz CT molecular complexity index is 1470. The number of amides is 1. The number of para-hydroxylation sites is 1. The molecule has 6 nitrogen and oxygen atoms in total. The maximum absolute atomic E-state index is 13.4. The first-order valence-electron chi connectivity index (χ1n) is 9.76. The first-order chi connectivity index (χ1) is 15.0. The number of aryl methyl sites for hydroxylation is 2. The lowest BCUT2D eigenvalue weighted by molar-refractivity contribution is 0.102. The van der Waals surface area contributed by atoms with E-state index in [2.05, 4.69) is 31.3 Å². The molecular formula is C24H18BrN5O. The van der Waals surface area contributed by atoms with E-state index in [1.54, 1.807) is 10.9 Å². The van der Waals surface area contributed by atoms with E-state index in [-0.39, 0.29) is 5.91 Å². The normalized spacial score (nSPS) is 11.2. The van der Waals surface area contributed by atoms with Crippen LogP contribution in [0.5, 0.6) is 0 Å². The van der Waals surface area contributed by atoms with Gasteiger partial charge >= 0.3 is 0 Å². The Kier molecular flexibility index (Phi) is 4.75. The van der Waals surface area contributed by atoms with E-state index in [1.807, 2.05) is 74.8 Å². The molecule has 0 fully saturated rings. The number of hydrogen-bond donors (Lipinski definition) is 1. The second-order valence-corrected chi connectivity index (χ2v) is 8.18. The van der Waals surface area contributed by atoms with Crippen molar-refractivity contribution in [1.29, 1.82) is 0 Å². The highest BCUT2D eigenvalue weighted by Gasteiger charge is 2.17. The molecule has 5 rings (SSSR count). The largest absolute Gasteiger partial charge is 0.320 e. The van der Waals surface area contributed by atoms with Gasteiger partial charge < -0.3 is 5.32 Å². The number of carbonyl (C=O) groups is 1. The van der Waals surface area contributed by atoms with Gasteiger partial charge in [-0.1, -0.05) is 40.2 Å². The Morgan fingerprint density at radius 1 is 1.06 bits per heavy atom. The zero-order valence-electron chi connectivity index (χ0n) is 16.9. The summed E-state index contributed by atoms with van der Waals surface area (Å²) in [5, 5.41) is 9.19. The zero-order valence-corrected chi connectivity index (χ0v) is 18.5. The number of nitrogens with one attached hydrogen (secondary N) is 1. The number of aromatic nitrogens is 4. The number of rotatable bonds is 3. The van der Waals surface area contributed by atoms with Gasteiger partial charge in [-0.25, -0.2) is 4.98 Å². The summed E-state index contributed by atoms with van der Waals surface area (Å²) >= 11 is 3.55. The molecule has 0 bridgehead atoms. The van der Waals surface area contributed by atoms with Crippen LogP contribution in [0.15, 0.2) is 71.5 Å². The van der Waals surface area contributed by atoms with Crippen LogP contribution in [0.2, 0.25) is 0 Å². The first kappa shape index (κ1) is 19.4. The molecule has 3 heterocycles. The number of nitrogens with zero attached hydrogens (tertiary/aromatic N) is 4. The minimum Gasteiger partial charge on any atom is -0.320 e. The van der Waals surface area contributed by atoms with Crippen molar-refractivity contribution in [1.82, 2.24) is 19.7 Å². The fourth-order valence-corrected chi connectivity index (χ4v) is 4.23. The van der Waals surface area contributed by atoms with E-state index in [0.29, 0.717) is 16.9 Å². The fourth-order valence-electron chi connectivity index (χ4n) is 3.78. The van der Waals surface area contributed by atoms with Crippen LogP contribution in [0.4, 0.5) is 5.69 Å². The number of pyridine rings is 2. The monoisotopic (exact) mass is 471 g/mol. The third kappa shape index (κ3) is 3.47. The van der Waals surface area contributed by atoms with Gasteiger partial charge in [0, 0.05) is 40.2 Å². The van der Waals surface area contributed by atoms with Crippen LogP contribution in [0, 0.1) is 6.92 Å². The number of halogens is 1. The summed E-state index contributed by atoms with van der Waals surface area (Å²) in [6, 6.07) is 17.1. The average Bonchev–Trinajstić information content (AvgIpc) is 3.13. The molecule has 3 aromatic heterocycles. The maximum Gasteiger partial charge on any atom is 0.256 e. The summed E-state index contributed by atoms with van der Waals surface area (Å²) in [6.45, 7) is 1.94. The van der Waals surface area contributed by atoms with Gasteiger partial charge in [0.1, 0.15) is 0 Å². The van der Waals surface area contributed by atoms with Gasteiger partial charge in [0.2, 0.25) is 0 Å². The second-order valence-electron chi connectivity index (χ2n) is 7.32. The molecule has 0 aliphatic rings. The molecule has 0 spiro atoms. The van der Waals surface area contributed by atoms with E-state index < -0.39 is 0 Å². The molecule has 0 aliphatic carbocycles. The molecule has 1 N–H and O–H groups in total. The summed E-state index contributed by atoms with van der Waals surface area (Å²) < 4.78 is 2.68. The standard InChI is InChI=1S/C24H18BrN5O/c1-14-18(13-30(2)29-14)22-12-17(15-6-3-4-8-20(15)27-22)24(31)28-21-10-9-19(25)16-7-5-11-26-23(16)21/h3-13H,1-2H3,(H,28,31). The molecule has 0 saturated heterocycles. The number of fused-ring (bicyclic) bond motifs is 2. The van der Waals surface area contributed by atoms with Gasteiger partial charge in [0.25, 0.3) is 5.91 Å². The quantitative estimate of drug-likeness (QED) is 0.376. The van der Waals surface area contributed by atoms with Crippen molar-refractivity contribution in [3.05, 3.63) is 82.7 Å². The summed E-state index contributed by atoms with van der Waals surface area (Å²) in [6.07, 6.45) is 3.63. The van der Waals surface area contributed by atoms with Gasteiger partial charge in [-0.3, -0.25) is 14.5 Å². The smallest absolute Gasteiger partial charge is 0.256 e. The van der Waals surface area contributed by atoms with Gasteiger partial charge in [-0.05, 0) is 37.3 Å². The van der Waals surface area contributed by atoms with Crippen LogP contribution in [0.1, 0.15) is 16.1 Å². The minimum atomic E-state index is -0.212. The summed E-state index contributed by atoms with van der Waals surface area (Å²) in [7, 11) is 1.87. The lowest BCUT2D eigenvalue weighted by atomic mass is 10.0. The first-order valence-corrected chi connectivity index (χ1v) is 10.6. The Labute approximate surface area is 187 Å². The highest BCUT2D eigenvalue weighted by molar-refractivity contribution is 9.10. The van der Waals surface area contributed by atoms with Crippen LogP contribution in [0.3, 0.4) is 0 Å². The van der Waals surface area contributed by atoms with Gasteiger partial charge in [0.15, 0.2) is 0 Å². The molecule has 0 saturated carbocycles. The molecular weight excluding hydrogens is 454 g/mol. The Hall–Kier alpha value is -3.58. The van der Waals surface area contributed by atoms with Crippen molar-refractivity contribution in [3.63, 3.8) is 0 Å². The van der Waals surface area contributed by atoms with Crippen molar-refractivity contribution >= 4 is 49.3 Å². The predicted octanol–water partition coefficient (Wildman–Crippen LogP) is 5.51. The molecule has 1 amide bonds. The lowest BCUT2D eigenvalue weighted by Crippen LogP contribution is -2.13. The van der Waals surface area contributed by atoms with E-state index in [1.165, 1.54) is 0 Å². The van der Waals surface area contributed by atoms with E-state index in [0.717, 1.165) is 37.5 Å². The molecule has 2 aromatic carbocycles. The Morgan fingerprint density at radius 3 is 2.68 bits per heavy atom. The number of anilines is 1. The molecule has 7 heteroatoms. The van der Waals surface area contributed by atoms with Crippen LogP contribution in [0.25, 0.3) is 33.1 Å². The van der Waals surface area contributed by atoms with Gasteiger partial charge in [-0.2, -0.15) is 5.10 Å². The highest BCUT2D eigenvalue weighted by Crippen LogP contribution is 2.30. The zero-order chi connectivity index (χ0) is 21.5. The maximum atomic E-state index is 13.4. The van der Waals surface area contributed by atoms with Crippen molar-refractivity contribution in [2.45, 2.75) is 6.92 Å². The predicted molar refractivity (Wildman–Crippen MR) is 126 cm³/mol. The fraction of sp³-hybridized carbons (Fsp3) is 0.0833. The Morgan fingerprint density at radius 2 is 1.87 bits per heavy atom. The lowest BCUT2D eigenvalue weighted by Gasteiger charge is -2.12. The number of hydrogen-bond acceptors (Lipinski definition) is 4. The molecule has 5 aromatic rings.